The van der Waals surface area contributed by atoms with Gasteiger partial charge in [0, 0.05) is 25.4 Å². The van der Waals surface area contributed by atoms with Crippen LogP contribution in [0.3, 0.4) is 0 Å². The Morgan fingerprint density at radius 2 is 1.86 bits per heavy atom. The van der Waals surface area contributed by atoms with Gasteiger partial charge in [0.25, 0.3) is 0 Å². The van der Waals surface area contributed by atoms with Crippen molar-refractivity contribution in [2.75, 3.05) is 19.8 Å². The van der Waals surface area contributed by atoms with Gasteiger partial charge in [-0.25, -0.2) is 0 Å². The molecule has 3 N–H and O–H groups in total. The standard InChI is InChI=1S/C11H21NO2/c12-11(4-7-13)3-1-2-10(11)5-8-14-9-6-10/h13H,1-9,12H2. The lowest BCUT2D eigenvalue weighted by Crippen LogP contribution is -2.54. The maximum Gasteiger partial charge on any atom is 0.0472 e. The fourth-order valence-corrected chi connectivity index (χ4v) is 3.36. The molecule has 3 nitrogen and oxygen atoms in total. The number of ether oxygens (including phenoxy) is 1. The van der Waals surface area contributed by atoms with Gasteiger partial charge in [-0.3, -0.25) is 0 Å². The first-order chi connectivity index (χ1) is 6.72. The van der Waals surface area contributed by atoms with Crippen molar-refractivity contribution in [1.82, 2.24) is 0 Å². The highest BCUT2D eigenvalue weighted by molar-refractivity contribution is 5.07. The summed E-state index contributed by atoms with van der Waals surface area (Å²) < 4.78 is 5.41. The molecule has 1 aliphatic carbocycles. The minimum absolute atomic E-state index is 0.120. The zero-order valence-electron chi connectivity index (χ0n) is 8.80. The van der Waals surface area contributed by atoms with Crippen LogP contribution in [0.5, 0.6) is 0 Å². The molecule has 1 saturated heterocycles. The van der Waals surface area contributed by atoms with E-state index in [1.54, 1.807) is 0 Å². The molecule has 1 unspecified atom stereocenters. The molecule has 2 rings (SSSR count). The summed E-state index contributed by atoms with van der Waals surface area (Å²) in [4.78, 5) is 0. The molecule has 1 atom stereocenters. The topological polar surface area (TPSA) is 55.5 Å². The number of hydrogen-bond acceptors (Lipinski definition) is 3. The Morgan fingerprint density at radius 1 is 1.14 bits per heavy atom. The third-order valence-corrected chi connectivity index (χ3v) is 4.34. The van der Waals surface area contributed by atoms with E-state index in [2.05, 4.69) is 0 Å². The van der Waals surface area contributed by atoms with E-state index in [-0.39, 0.29) is 17.6 Å². The number of hydrogen-bond donors (Lipinski definition) is 2. The number of rotatable bonds is 2. The minimum atomic E-state index is -0.120. The Kier molecular flexibility index (Phi) is 2.82. The summed E-state index contributed by atoms with van der Waals surface area (Å²) in [7, 11) is 0. The Hall–Kier alpha value is -0.120. The molecule has 0 aromatic rings. The molecule has 2 aliphatic rings. The molecule has 1 saturated carbocycles. The lowest BCUT2D eigenvalue weighted by atomic mass is 9.66. The van der Waals surface area contributed by atoms with Gasteiger partial charge in [-0.05, 0) is 37.5 Å². The highest BCUT2D eigenvalue weighted by atomic mass is 16.5. The van der Waals surface area contributed by atoms with Crippen molar-refractivity contribution in [3.8, 4) is 0 Å². The van der Waals surface area contributed by atoms with Crippen molar-refractivity contribution in [3.63, 3.8) is 0 Å². The third-order valence-electron chi connectivity index (χ3n) is 4.34. The van der Waals surface area contributed by atoms with Gasteiger partial charge in [0.2, 0.25) is 0 Å². The molecule has 82 valence electrons. The predicted molar refractivity (Wildman–Crippen MR) is 55.0 cm³/mol. The molecule has 0 radical (unpaired) electrons. The highest BCUT2D eigenvalue weighted by Gasteiger charge is 2.51. The van der Waals surface area contributed by atoms with Crippen LogP contribution in [0.4, 0.5) is 0 Å². The molecule has 0 aromatic heterocycles. The molecule has 2 fully saturated rings. The van der Waals surface area contributed by atoms with E-state index in [0.29, 0.717) is 0 Å². The molecule has 1 heterocycles. The predicted octanol–water partition coefficient (Wildman–Crippen LogP) is 1.05. The van der Waals surface area contributed by atoms with Crippen LogP contribution in [0.1, 0.15) is 38.5 Å². The van der Waals surface area contributed by atoms with E-state index in [4.69, 9.17) is 15.6 Å². The first kappa shape index (κ1) is 10.4. The van der Waals surface area contributed by atoms with Gasteiger partial charge in [0.05, 0.1) is 0 Å². The van der Waals surface area contributed by atoms with Crippen molar-refractivity contribution in [2.24, 2.45) is 11.1 Å². The van der Waals surface area contributed by atoms with Crippen LogP contribution in [0.15, 0.2) is 0 Å². The molecule has 0 amide bonds. The smallest absolute Gasteiger partial charge is 0.0472 e. The lowest BCUT2D eigenvalue weighted by molar-refractivity contribution is -0.0222. The van der Waals surface area contributed by atoms with Gasteiger partial charge >= 0.3 is 0 Å². The van der Waals surface area contributed by atoms with Crippen LogP contribution >= 0.6 is 0 Å². The van der Waals surface area contributed by atoms with Crippen LogP contribution in [0.2, 0.25) is 0 Å². The number of aliphatic hydroxyl groups excluding tert-OH is 1. The molecular weight excluding hydrogens is 178 g/mol. The maximum absolute atomic E-state index is 9.09. The molecule has 1 spiro atoms. The second-order valence-corrected chi connectivity index (χ2v) is 4.88. The molecule has 0 bridgehead atoms. The molecule has 0 aromatic carbocycles. The first-order valence-electron chi connectivity index (χ1n) is 5.70. The van der Waals surface area contributed by atoms with E-state index in [9.17, 15) is 0 Å². The summed E-state index contributed by atoms with van der Waals surface area (Å²) in [6, 6.07) is 0. The van der Waals surface area contributed by atoms with Crippen molar-refractivity contribution in [2.45, 2.75) is 44.1 Å². The monoisotopic (exact) mass is 199 g/mol. The van der Waals surface area contributed by atoms with Crippen LogP contribution in [0, 0.1) is 5.41 Å². The number of aliphatic hydroxyl groups is 1. The zero-order chi connectivity index (χ0) is 10.1. The fourth-order valence-electron chi connectivity index (χ4n) is 3.36. The Balaban J connectivity index is 2.14. The second-order valence-electron chi connectivity index (χ2n) is 4.88. The van der Waals surface area contributed by atoms with Gasteiger partial charge < -0.3 is 15.6 Å². The fraction of sp³-hybridized carbons (Fsp3) is 1.00. The molecular formula is C11H21NO2. The van der Waals surface area contributed by atoms with Crippen LogP contribution in [-0.2, 0) is 4.74 Å². The Morgan fingerprint density at radius 3 is 2.50 bits per heavy atom. The summed E-state index contributed by atoms with van der Waals surface area (Å²) >= 11 is 0. The van der Waals surface area contributed by atoms with Crippen LogP contribution in [0.25, 0.3) is 0 Å². The summed E-state index contributed by atoms with van der Waals surface area (Å²) in [5.41, 5.74) is 6.62. The van der Waals surface area contributed by atoms with Crippen LogP contribution < -0.4 is 5.73 Å². The normalized spacial score (nSPS) is 36.4. The van der Waals surface area contributed by atoms with Gasteiger partial charge in [0.15, 0.2) is 0 Å². The van der Waals surface area contributed by atoms with Gasteiger partial charge in [-0.1, -0.05) is 6.42 Å². The lowest BCUT2D eigenvalue weighted by Gasteiger charge is -2.46. The van der Waals surface area contributed by atoms with Crippen molar-refractivity contribution in [1.29, 1.82) is 0 Å². The average Bonchev–Trinajstić information content (AvgIpc) is 2.46. The van der Waals surface area contributed by atoms with E-state index in [1.165, 1.54) is 12.8 Å². The second kappa shape index (κ2) is 3.80. The Labute approximate surface area is 85.6 Å². The first-order valence-corrected chi connectivity index (χ1v) is 5.70. The van der Waals surface area contributed by atoms with Crippen molar-refractivity contribution < 1.29 is 9.84 Å². The van der Waals surface area contributed by atoms with Gasteiger partial charge in [-0.2, -0.15) is 0 Å². The summed E-state index contributed by atoms with van der Waals surface area (Å²) in [5, 5.41) is 9.09. The minimum Gasteiger partial charge on any atom is -0.396 e. The van der Waals surface area contributed by atoms with Gasteiger partial charge in [0.1, 0.15) is 0 Å². The SMILES string of the molecule is NC1(CCO)CCCC12CCOCC2. The Bertz CT molecular complexity index is 201. The molecule has 3 heteroatoms. The molecule has 14 heavy (non-hydrogen) atoms. The van der Waals surface area contributed by atoms with Crippen molar-refractivity contribution >= 4 is 0 Å². The average molecular weight is 199 g/mol. The van der Waals surface area contributed by atoms with Crippen molar-refractivity contribution in [3.05, 3.63) is 0 Å². The number of nitrogens with two attached hydrogens (primary N) is 1. The van der Waals surface area contributed by atoms with E-state index >= 15 is 0 Å². The summed E-state index contributed by atoms with van der Waals surface area (Å²) in [6.45, 7) is 1.92. The third kappa shape index (κ3) is 1.47. The van der Waals surface area contributed by atoms with E-state index < -0.39 is 0 Å². The van der Waals surface area contributed by atoms with E-state index in [0.717, 1.165) is 38.9 Å². The van der Waals surface area contributed by atoms with E-state index in [1.807, 2.05) is 0 Å². The zero-order valence-corrected chi connectivity index (χ0v) is 8.80. The highest BCUT2D eigenvalue weighted by Crippen LogP contribution is 2.52. The quantitative estimate of drug-likeness (QED) is 0.699. The molecule has 1 aliphatic heterocycles. The van der Waals surface area contributed by atoms with Crippen LogP contribution in [-0.4, -0.2) is 30.5 Å². The summed E-state index contributed by atoms with van der Waals surface area (Å²) in [6.07, 6.45) is 6.46. The maximum atomic E-state index is 9.09. The summed E-state index contributed by atoms with van der Waals surface area (Å²) in [5.74, 6) is 0. The largest absolute Gasteiger partial charge is 0.396 e. The van der Waals surface area contributed by atoms with Gasteiger partial charge in [-0.15, -0.1) is 0 Å².